The first kappa shape index (κ1) is 18.4. The van der Waals surface area contributed by atoms with Gasteiger partial charge >= 0.3 is 0 Å². The average Bonchev–Trinajstić information content (AvgIpc) is 3.35. The molecule has 2 aromatic heterocycles. The first-order chi connectivity index (χ1) is 13.8. The summed E-state index contributed by atoms with van der Waals surface area (Å²) in [6.45, 7) is 3.36. The molecule has 3 aromatic rings. The van der Waals surface area contributed by atoms with Gasteiger partial charge in [-0.3, -0.25) is 9.78 Å². The first-order valence-corrected chi connectivity index (χ1v) is 9.84. The third kappa shape index (κ3) is 4.28. The van der Waals surface area contributed by atoms with Crippen LogP contribution < -0.4 is 5.32 Å². The van der Waals surface area contributed by atoms with Gasteiger partial charge in [-0.25, -0.2) is 4.68 Å². The number of amides is 1. The van der Waals surface area contributed by atoms with Crippen molar-refractivity contribution in [1.29, 1.82) is 0 Å². The molecule has 0 spiro atoms. The number of aromatic nitrogens is 3. The molecular formula is C22H25N5O. The number of nitrogens with one attached hydrogen (secondary N) is 1. The van der Waals surface area contributed by atoms with Crippen LogP contribution in [0.5, 0.6) is 0 Å². The minimum Gasteiger partial charge on any atom is -0.343 e. The number of carbonyl (C=O) groups excluding carboxylic acids is 1. The second-order valence-corrected chi connectivity index (χ2v) is 7.03. The van der Waals surface area contributed by atoms with E-state index in [9.17, 15) is 4.79 Å². The Morgan fingerprint density at radius 2 is 1.89 bits per heavy atom. The lowest BCUT2D eigenvalue weighted by Gasteiger charge is -2.15. The molecule has 3 heterocycles. The lowest BCUT2D eigenvalue weighted by Crippen LogP contribution is -2.28. The first-order valence-electron chi connectivity index (χ1n) is 9.84. The zero-order valence-corrected chi connectivity index (χ0v) is 15.9. The van der Waals surface area contributed by atoms with Crippen molar-refractivity contribution in [3.8, 4) is 16.9 Å². The number of benzene rings is 1. The molecule has 0 bridgehead atoms. The van der Waals surface area contributed by atoms with E-state index in [-0.39, 0.29) is 0 Å². The Morgan fingerprint density at radius 3 is 2.64 bits per heavy atom. The van der Waals surface area contributed by atoms with Crippen molar-refractivity contribution in [3.63, 3.8) is 0 Å². The minimum absolute atomic E-state index is 0.295. The molecule has 1 amide bonds. The molecule has 28 heavy (non-hydrogen) atoms. The molecule has 0 unspecified atom stereocenters. The van der Waals surface area contributed by atoms with Crippen molar-refractivity contribution in [1.82, 2.24) is 25.0 Å². The molecule has 1 aliphatic heterocycles. The van der Waals surface area contributed by atoms with E-state index in [0.29, 0.717) is 12.3 Å². The van der Waals surface area contributed by atoms with E-state index in [1.165, 1.54) is 0 Å². The van der Waals surface area contributed by atoms with Crippen LogP contribution in [0.4, 0.5) is 0 Å². The number of rotatable bonds is 8. The van der Waals surface area contributed by atoms with Gasteiger partial charge < -0.3 is 10.2 Å². The maximum Gasteiger partial charge on any atom is 0.222 e. The zero-order chi connectivity index (χ0) is 19.2. The highest BCUT2D eigenvalue weighted by molar-refractivity contribution is 5.78. The molecule has 4 rings (SSSR count). The van der Waals surface area contributed by atoms with E-state index >= 15 is 0 Å². The fourth-order valence-corrected chi connectivity index (χ4v) is 3.56. The smallest absolute Gasteiger partial charge is 0.222 e. The van der Waals surface area contributed by atoms with E-state index in [1.807, 2.05) is 52.0 Å². The van der Waals surface area contributed by atoms with Crippen molar-refractivity contribution in [3.05, 3.63) is 66.6 Å². The van der Waals surface area contributed by atoms with Crippen molar-refractivity contribution >= 4 is 5.91 Å². The predicted molar refractivity (Wildman–Crippen MR) is 109 cm³/mol. The van der Waals surface area contributed by atoms with Gasteiger partial charge in [0.15, 0.2) is 0 Å². The van der Waals surface area contributed by atoms with Crippen LogP contribution in [0.1, 0.15) is 24.8 Å². The van der Waals surface area contributed by atoms with Crippen LogP contribution >= 0.6 is 0 Å². The molecule has 0 radical (unpaired) electrons. The SMILES string of the molecule is O=C1CCCN1CCCNCc1cn(-c2ccccc2)nc1-c1ccncc1. The molecule has 1 N–H and O–H groups in total. The normalized spacial score (nSPS) is 14.0. The Bertz CT molecular complexity index is 907. The third-order valence-electron chi connectivity index (χ3n) is 5.03. The summed E-state index contributed by atoms with van der Waals surface area (Å²) in [6.07, 6.45) is 8.34. The molecule has 0 saturated carbocycles. The number of pyridine rings is 1. The summed E-state index contributed by atoms with van der Waals surface area (Å²) >= 11 is 0. The Balaban J connectivity index is 1.43. The van der Waals surface area contributed by atoms with Gasteiger partial charge in [0.2, 0.25) is 5.91 Å². The number of nitrogens with zero attached hydrogens (tertiary/aromatic N) is 4. The molecule has 144 valence electrons. The van der Waals surface area contributed by atoms with Gasteiger partial charge in [0.05, 0.1) is 11.4 Å². The summed E-state index contributed by atoms with van der Waals surface area (Å²) in [5.74, 6) is 0.295. The fourth-order valence-electron chi connectivity index (χ4n) is 3.56. The Morgan fingerprint density at radius 1 is 1.07 bits per heavy atom. The Kier molecular flexibility index (Phi) is 5.77. The fraction of sp³-hybridized carbons (Fsp3) is 0.318. The molecule has 0 atom stereocenters. The molecule has 6 nitrogen and oxygen atoms in total. The number of hydrogen-bond acceptors (Lipinski definition) is 4. The quantitative estimate of drug-likeness (QED) is 0.615. The van der Waals surface area contributed by atoms with Crippen molar-refractivity contribution < 1.29 is 4.79 Å². The second kappa shape index (κ2) is 8.80. The van der Waals surface area contributed by atoms with Crippen LogP contribution in [-0.2, 0) is 11.3 Å². The van der Waals surface area contributed by atoms with Gasteiger partial charge in [-0.2, -0.15) is 5.10 Å². The average molecular weight is 375 g/mol. The molecule has 6 heteroatoms. The van der Waals surface area contributed by atoms with Crippen LogP contribution in [0.3, 0.4) is 0 Å². The van der Waals surface area contributed by atoms with E-state index in [4.69, 9.17) is 5.10 Å². The largest absolute Gasteiger partial charge is 0.343 e. The van der Waals surface area contributed by atoms with Crippen LogP contribution in [0.15, 0.2) is 61.1 Å². The maximum absolute atomic E-state index is 11.7. The molecule has 1 aromatic carbocycles. The van der Waals surface area contributed by atoms with Gasteiger partial charge in [0.25, 0.3) is 0 Å². The van der Waals surface area contributed by atoms with Gasteiger partial charge in [-0.15, -0.1) is 0 Å². The van der Waals surface area contributed by atoms with E-state index in [2.05, 4.69) is 16.5 Å². The van der Waals surface area contributed by atoms with Crippen LogP contribution in [0.2, 0.25) is 0 Å². The van der Waals surface area contributed by atoms with Gasteiger partial charge in [0.1, 0.15) is 0 Å². The summed E-state index contributed by atoms with van der Waals surface area (Å²) in [7, 11) is 0. The summed E-state index contributed by atoms with van der Waals surface area (Å²) in [5, 5.41) is 8.33. The van der Waals surface area contributed by atoms with Crippen LogP contribution in [0.25, 0.3) is 16.9 Å². The number of para-hydroxylation sites is 1. The third-order valence-corrected chi connectivity index (χ3v) is 5.03. The molecule has 1 fully saturated rings. The monoisotopic (exact) mass is 375 g/mol. The Labute approximate surface area is 165 Å². The highest BCUT2D eigenvalue weighted by Gasteiger charge is 2.19. The van der Waals surface area contributed by atoms with Crippen LogP contribution in [-0.4, -0.2) is 45.2 Å². The maximum atomic E-state index is 11.7. The summed E-state index contributed by atoms with van der Waals surface area (Å²) in [4.78, 5) is 17.8. The van der Waals surface area contributed by atoms with Crippen molar-refractivity contribution in [2.75, 3.05) is 19.6 Å². The predicted octanol–water partition coefficient (Wildman–Crippen LogP) is 3.04. The summed E-state index contributed by atoms with van der Waals surface area (Å²) in [6, 6.07) is 14.1. The highest BCUT2D eigenvalue weighted by atomic mass is 16.2. The highest BCUT2D eigenvalue weighted by Crippen LogP contribution is 2.23. The summed E-state index contributed by atoms with van der Waals surface area (Å²) in [5.41, 5.74) is 4.21. The molecule has 1 saturated heterocycles. The summed E-state index contributed by atoms with van der Waals surface area (Å²) < 4.78 is 1.93. The molecule has 0 aliphatic carbocycles. The molecule has 1 aliphatic rings. The minimum atomic E-state index is 0.295. The van der Waals surface area contributed by atoms with Crippen molar-refractivity contribution in [2.45, 2.75) is 25.8 Å². The topological polar surface area (TPSA) is 63.1 Å². The molecular weight excluding hydrogens is 350 g/mol. The van der Waals surface area contributed by atoms with Crippen LogP contribution in [0, 0.1) is 0 Å². The van der Waals surface area contributed by atoms with Crippen molar-refractivity contribution in [2.24, 2.45) is 0 Å². The van der Waals surface area contributed by atoms with E-state index < -0.39 is 0 Å². The van der Waals surface area contributed by atoms with Gasteiger partial charge in [-0.1, -0.05) is 18.2 Å². The van der Waals surface area contributed by atoms with Gasteiger partial charge in [-0.05, 0) is 43.7 Å². The lowest BCUT2D eigenvalue weighted by molar-refractivity contribution is -0.127. The lowest BCUT2D eigenvalue weighted by atomic mass is 10.1. The number of likely N-dealkylation sites (tertiary alicyclic amines) is 1. The van der Waals surface area contributed by atoms with Gasteiger partial charge in [0, 0.05) is 55.8 Å². The van der Waals surface area contributed by atoms with E-state index in [0.717, 1.165) is 61.5 Å². The second-order valence-electron chi connectivity index (χ2n) is 7.03. The Hall–Kier alpha value is -2.99. The van der Waals surface area contributed by atoms with E-state index in [1.54, 1.807) is 12.4 Å². The standard InChI is InChI=1S/C22H25N5O/c28-21-8-4-14-26(21)15-5-11-24-16-19-17-27(20-6-2-1-3-7-20)25-22(19)18-9-12-23-13-10-18/h1-3,6-7,9-10,12-13,17,24H,4-5,8,11,14-16H2. The number of hydrogen-bond donors (Lipinski definition) is 1. The number of carbonyl (C=O) groups is 1. The zero-order valence-electron chi connectivity index (χ0n) is 15.9.